The number of ether oxygens (including phenoxy) is 1. The number of carbonyl (C=O) groups is 2. The Morgan fingerprint density at radius 2 is 1.65 bits per heavy atom. The van der Waals surface area contributed by atoms with Crippen molar-refractivity contribution in [3.8, 4) is 5.75 Å². The van der Waals surface area contributed by atoms with E-state index in [1.54, 1.807) is 43.3 Å². The van der Waals surface area contributed by atoms with Gasteiger partial charge in [-0.25, -0.2) is 12.8 Å². The third kappa shape index (κ3) is 9.35. The van der Waals surface area contributed by atoms with Crippen LogP contribution in [0.3, 0.4) is 0 Å². The van der Waals surface area contributed by atoms with Crippen LogP contribution in [0.25, 0.3) is 0 Å². The van der Waals surface area contributed by atoms with Gasteiger partial charge in [0.25, 0.3) is 0 Å². The third-order valence-electron chi connectivity index (χ3n) is 6.02. The van der Waals surface area contributed by atoms with Crippen molar-refractivity contribution in [2.24, 2.45) is 0 Å². The summed E-state index contributed by atoms with van der Waals surface area (Å²) in [6, 6.07) is 11.7. The highest BCUT2D eigenvalue weighted by atomic mass is 32.2. The van der Waals surface area contributed by atoms with Crippen LogP contribution < -0.4 is 14.4 Å². The highest BCUT2D eigenvalue weighted by molar-refractivity contribution is 7.92. The average molecular weight is 536 g/mol. The number of hydrogen-bond acceptors (Lipinski definition) is 5. The van der Waals surface area contributed by atoms with E-state index in [0.717, 1.165) is 12.7 Å². The molecule has 0 saturated carbocycles. The van der Waals surface area contributed by atoms with Gasteiger partial charge in [0.2, 0.25) is 21.8 Å². The van der Waals surface area contributed by atoms with Crippen LogP contribution in [0.5, 0.6) is 5.75 Å². The van der Waals surface area contributed by atoms with Crippen LogP contribution >= 0.6 is 0 Å². The number of anilines is 1. The second kappa shape index (κ2) is 14.0. The molecule has 2 unspecified atom stereocenters. The summed E-state index contributed by atoms with van der Waals surface area (Å²) in [4.78, 5) is 27.6. The van der Waals surface area contributed by atoms with E-state index in [-0.39, 0.29) is 49.6 Å². The van der Waals surface area contributed by atoms with E-state index in [1.165, 1.54) is 21.3 Å². The van der Waals surface area contributed by atoms with Crippen molar-refractivity contribution in [3.05, 3.63) is 59.9 Å². The largest absolute Gasteiger partial charge is 0.494 e. The summed E-state index contributed by atoms with van der Waals surface area (Å²) in [6.07, 6.45) is 2.15. The molecule has 0 bridgehead atoms. The van der Waals surface area contributed by atoms with Crippen LogP contribution in [0.4, 0.5) is 10.1 Å². The molecule has 37 heavy (non-hydrogen) atoms. The zero-order valence-corrected chi connectivity index (χ0v) is 23.1. The van der Waals surface area contributed by atoms with Crippen LogP contribution in [-0.2, 0) is 26.2 Å². The molecule has 0 aliphatic carbocycles. The molecule has 2 atom stereocenters. The number of amides is 2. The van der Waals surface area contributed by atoms with Gasteiger partial charge in [-0.1, -0.05) is 19.1 Å². The average Bonchev–Trinajstić information content (AvgIpc) is 2.85. The molecule has 2 aromatic carbocycles. The molecule has 0 fully saturated rings. The molecule has 0 aromatic heterocycles. The number of halogens is 1. The molecule has 0 radical (unpaired) electrons. The minimum Gasteiger partial charge on any atom is -0.494 e. The fourth-order valence-electron chi connectivity index (χ4n) is 3.71. The molecule has 204 valence electrons. The lowest BCUT2D eigenvalue weighted by atomic mass is 10.1. The smallest absolute Gasteiger partial charge is 0.242 e. The van der Waals surface area contributed by atoms with Crippen LogP contribution in [-0.4, -0.2) is 56.6 Å². The van der Waals surface area contributed by atoms with Crippen molar-refractivity contribution < 1.29 is 27.1 Å². The highest BCUT2D eigenvalue weighted by Gasteiger charge is 2.27. The minimum absolute atomic E-state index is 0.0329. The Kier molecular flexibility index (Phi) is 11.4. The molecule has 0 spiro atoms. The topological polar surface area (TPSA) is 96.0 Å². The Bertz CT molecular complexity index is 1120. The number of carbonyl (C=O) groups excluding carboxylic acids is 2. The molecule has 2 aromatic rings. The fraction of sp³-hybridized carbons (Fsp3) is 0.481. The Morgan fingerprint density at radius 1 is 1.03 bits per heavy atom. The predicted molar refractivity (Wildman–Crippen MR) is 143 cm³/mol. The van der Waals surface area contributed by atoms with E-state index < -0.39 is 16.1 Å². The first kappa shape index (κ1) is 30.1. The number of sulfonamides is 1. The van der Waals surface area contributed by atoms with Gasteiger partial charge >= 0.3 is 0 Å². The molecule has 2 rings (SSSR count). The Labute approximate surface area is 219 Å². The number of hydrogen-bond donors (Lipinski definition) is 1. The van der Waals surface area contributed by atoms with Gasteiger partial charge in [0.05, 0.1) is 18.6 Å². The van der Waals surface area contributed by atoms with Crippen molar-refractivity contribution >= 4 is 27.5 Å². The Hall–Kier alpha value is -3.14. The van der Waals surface area contributed by atoms with Gasteiger partial charge in [-0.2, -0.15) is 0 Å². The van der Waals surface area contributed by atoms with Crippen LogP contribution in [0, 0.1) is 5.82 Å². The molecule has 2 amide bonds. The van der Waals surface area contributed by atoms with E-state index in [1.807, 2.05) is 20.8 Å². The monoisotopic (exact) mass is 535 g/mol. The summed E-state index contributed by atoms with van der Waals surface area (Å²) >= 11 is 0. The molecular weight excluding hydrogens is 497 g/mol. The van der Waals surface area contributed by atoms with Gasteiger partial charge in [-0.05, 0) is 75.6 Å². The first-order valence-electron chi connectivity index (χ1n) is 12.5. The maximum atomic E-state index is 13.4. The zero-order valence-electron chi connectivity index (χ0n) is 22.2. The van der Waals surface area contributed by atoms with E-state index in [4.69, 9.17) is 4.74 Å². The first-order chi connectivity index (χ1) is 17.5. The van der Waals surface area contributed by atoms with Gasteiger partial charge in [-0.15, -0.1) is 0 Å². The second-order valence-electron chi connectivity index (χ2n) is 9.01. The molecule has 0 aliphatic heterocycles. The van der Waals surface area contributed by atoms with Gasteiger partial charge in [0.1, 0.15) is 17.6 Å². The summed E-state index contributed by atoms with van der Waals surface area (Å²) in [5.74, 6) is -0.330. The molecule has 0 saturated heterocycles. The van der Waals surface area contributed by atoms with Crippen LogP contribution in [0.2, 0.25) is 0 Å². The standard InChI is InChI=1S/C27H38FN3O5S/c1-6-20(3)29-27(33)21(4)30(19-22-10-12-23(28)13-11-22)26(32)9-8-18-31(37(5,34)35)24-14-16-25(17-15-24)36-7-2/h10-17,20-21H,6-9,18-19H2,1-5H3,(H,29,33). The van der Waals surface area contributed by atoms with Crippen molar-refractivity contribution in [2.45, 2.75) is 65.6 Å². The molecule has 0 heterocycles. The quantitative estimate of drug-likeness (QED) is 0.393. The predicted octanol–water partition coefficient (Wildman–Crippen LogP) is 4.10. The van der Waals surface area contributed by atoms with Crippen molar-refractivity contribution in [3.63, 3.8) is 0 Å². The van der Waals surface area contributed by atoms with Crippen LogP contribution in [0.1, 0.15) is 52.5 Å². The lowest BCUT2D eigenvalue weighted by molar-refractivity contribution is -0.140. The lowest BCUT2D eigenvalue weighted by Gasteiger charge is -2.30. The summed E-state index contributed by atoms with van der Waals surface area (Å²) in [7, 11) is -3.59. The van der Waals surface area contributed by atoms with Gasteiger partial charge in [-0.3, -0.25) is 13.9 Å². The van der Waals surface area contributed by atoms with E-state index >= 15 is 0 Å². The Balaban J connectivity index is 2.15. The van der Waals surface area contributed by atoms with Gasteiger partial charge in [0, 0.05) is 25.6 Å². The first-order valence-corrected chi connectivity index (χ1v) is 14.4. The maximum Gasteiger partial charge on any atom is 0.242 e. The summed E-state index contributed by atoms with van der Waals surface area (Å²) in [6.45, 7) is 8.08. The van der Waals surface area contributed by atoms with E-state index in [2.05, 4.69) is 5.32 Å². The lowest BCUT2D eigenvalue weighted by Crippen LogP contribution is -2.49. The third-order valence-corrected chi connectivity index (χ3v) is 7.22. The van der Waals surface area contributed by atoms with Crippen molar-refractivity contribution in [1.29, 1.82) is 0 Å². The molecule has 1 N–H and O–H groups in total. The summed E-state index contributed by atoms with van der Waals surface area (Å²) in [5.41, 5.74) is 1.16. The molecule has 8 nitrogen and oxygen atoms in total. The molecular formula is C27H38FN3O5S. The second-order valence-corrected chi connectivity index (χ2v) is 10.9. The minimum atomic E-state index is -3.59. The zero-order chi connectivity index (χ0) is 27.6. The molecule has 0 aliphatic rings. The number of rotatable bonds is 14. The fourth-order valence-corrected chi connectivity index (χ4v) is 4.68. The SMILES string of the molecule is CCOc1ccc(N(CCCC(=O)N(Cc2ccc(F)cc2)C(C)C(=O)NC(C)CC)S(C)(=O)=O)cc1. The van der Waals surface area contributed by atoms with Crippen molar-refractivity contribution in [2.75, 3.05) is 23.7 Å². The molecule has 10 heteroatoms. The number of benzene rings is 2. The number of nitrogens with one attached hydrogen (secondary N) is 1. The Morgan fingerprint density at radius 3 is 2.19 bits per heavy atom. The van der Waals surface area contributed by atoms with E-state index in [9.17, 15) is 22.4 Å². The van der Waals surface area contributed by atoms with E-state index in [0.29, 0.717) is 23.6 Å². The maximum absolute atomic E-state index is 13.4. The number of nitrogens with zero attached hydrogens (tertiary/aromatic N) is 2. The highest BCUT2D eigenvalue weighted by Crippen LogP contribution is 2.22. The van der Waals surface area contributed by atoms with Gasteiger partial charge < -0.3 is 15.0 Å². The normalized spacial score (nSPS) is 12.9. The summed E-state index contributed by atoms with van der Waals surface area (Å²) in [5, 5.41) is 2.90. The van der Waals surface area contributed by atoms with Crippen molar-refractivity contribution in [1.82, 2.24) is 10.2 Å². The van der Waals surface area contributed by atoms with Crippen LogP contribution in [0.15, 0.2) is 48.5 Å². The summed E-state index contributed by atoms with van der Waals surface area (Å²) < 4.78 is 45.0. The van der Waals surface area contributed by atoms with Gasteiger partial charge in [0.15, 0.2) is 0 Å².